The van der Waals surface area contributed by atoms with E-state index in [0.29, 0.717) is 5.75 Å². The molecule has 0 bridgehead atoms. The summed E-state index contributed by atoms with van der Waals surface area (Å²) in [5.74, 6) is 0.325. The Balaban J connectivity index is 2.25. The van der Waals surface area contributed by atoms with Crippen LogP contribution in [-0.4, -0.2) is 10.1 Å². The molecule has 1 N–H and O–H groups in total. The zero-order valence-corrected chi connectivity index (χ0v) is 8.64. The summed E-state index contributed by atoms with van der Waals surface area (Å²) < 4.78 is 0. The lowest BCUT2D eigenvalue weighted by molar-refractivity contribution is 0.474. The third kappa shape index (κ3) is 2.34. The fraction of sp³-hybridized carbons (Fsp3) is 0.154. The van der Waals surface area contributed by atoms with Crippen molar-refractivity contribution < 1.29 is 5.11 Å². The lowest BCUT2D eigenvalue weighted by Crippen LogP contribution is -1.91. The molecular formula is C13H13NO. The largest absolute Gasteiger partial charge is 0.508 e. The van der Waals surface area contributed by atoms with Crippen molar-refractivity contribution in [1.82, 2.24) is 4.98 Å². The first-order chi connectivity index (χ1) is 7.25. The van der Waals surface area contributed by atoms with Crippen LogP contribution in [0.2, 0.25) is 0 Å². The van der Waals surface area contributed by atoms with Gasteiger partial charge in [-0.3, -0.25) is 4.98 Å². The third-order valence-electron chi connectivity index (χ3n) is 2.47. The number of rotatable bonds is 2. The Morgan fingerprint density at radius 2 is 1.87 bits per heavy atom. The zero-order chi connectivity index (χ0) is 10.7. The van der Waals surface area contributed by atoms with Gasteiger partial charge in [0.25, 0.3) is 0 Å². The van der Waals surface area contributed by atoms with Crippen molar-refractivity contribution in [3.63, 3.8) is 0 Å². The van der Waals surface area contributed by atoms with Crippen LogP contribution in [0.15, 0.2) is 42.7 Å². The molecule has 1 heterocycles. The van der Waals surface area contributed by atoms with Crippen LogP contribution in [-0.2, 0) is 6.42 Å². The normalized spacial score (nSPS) is 10.2. The minimum Gasteiger partial charge on any atom is -0.508 e. The summed E-state index contributed by atoms with van der Waals surface area (Å²) in [6, 6.07) is 9.49. The summed E-state index contributed by atoms with van der Waals surface area (Å²) in [6.07, 6.45) is 4.48. The van der Waals surface area contributed by atoms with Crippen LogP contribution in [0.4, 0.5) is 0 Å². The van der Waals surface area contributed by atoms with Crippen LogP contribution >= 0.6 is 0 Å². The molecule has 0 aliphatic heterocycles. The minimum atomic E-state index is 0.325. The molecule has 1 aromatic carbocycles. The zero-order valence-electron chi connectivity index (χ0n) is 8.64. The number of aryl methyl sites for hydroxylation is 1. The van der Waals surface area contributed by atoms with Gasteiger partial charge < -0.3 is 5.11 Å². The second-order valence-corrected chi connectivity index (χ2v) is 3.64. The Labute approximate surface area is 89.2 Å². The van der Waals surface area contributed by atoms with E-state index in [1.807, 2.05) is 25.1 Å². The van der Waals surface area contributed by atoms with Gasteiger partial charge in [-0.25, -0.2) is 0 Å². The molecule has 0 saturated carbocycles. The number of nitrogens with zero attached hydrogens (tertiary/aromatic N) is 1. The van der Waals surface area contributed by atoms with Crippen molar-refractivity contribution in [3.8, 4) is 5.75 Å². The van der Waals surface area contributed by atoms with Crippen molar-refractivity contribution >= 4 is 0 Å². The van der Waals surface area contributed by atoms with Gasteiger partial charge in [-0.05, 0) is 54.3 Å². The summed E-state index contributed by atoms with van der Waals surface area (Å²) in [7, 11) is 0. The molecule has 0 saturated heterocycles. The maximum atomic E-state index is 9.29. The van der Waals surface area contributed by atoms with E-state index in [4.69, 9.17) is 0 Å². The number of aromatic hydroxyl groups is 1. The number of phenols is 1. The molecule has 0 unspecified atom stereocenters. The van der Waals surface area contributed by atoms with E-state index in [1.165, 1.54) is 11.1 Å². The molecule has 0 atom stereocenters. The lowest BCUT2D eigenvalue weighted by atomic mass is 10.0. The van der Waals surface area contributed by atoms with E-state index >= 15 is 0 Å². The summed E-state index contributed by atoms with van der Waals surface area (Å²) >= 11 is 0. The van der Waals surface area contributed by atoms with Gasteiger partial charge in [0.05, 0.1) is 0 Å². The Morgan fingerprint density at radius 3 is 2.53 bits per heavy atom. The van der Waals surface area contributed by atoms with E-state index < -0.39 is 0 Å². The van der Waals surface area contributed by atoms with Crippen molar-refractivity contribution in [2.75, 3.05) is 0 Å². The molecule has 1 aromatic heterocycles. The molecule has 0 spiro atoms. The standard InChI is InChI=1S/C13H13NO/c1-10-8-13(15)3-2-12(10)9-11-4-6-14-7-5-11/h2-8,15H,9H2,1H3. The highest BCUT2D eigenvalue weighted by atomic mass is 16.3. The van der Waals surface area contributed by atoms with Crippen molar-refractivity contribution in [2.45, 2.75) is 13.3 Å². The second kappa shape index (κ2) is 4.13. The lowest BCUT2D eigenvalue weighted by Gasteiger charge is -2.05. The van der Waals surface area contributed by atoms with Crippen LogP contribution in [0.25, 0.3) is 0 Å². The SMILES string of the molecule is Cc1cc(O)ccc1Cc1ccncc1. The third-order valence-corrected chi connectivity index (χ3v) is 2.47. The highest BCUT2D eigenvalue weighted by Gasteiger charge is 2.00. The van der Waals surface area contributed by atoms with Crippen LogP contribution in [0, 0.1) is 6.92 Å². The average Bonchev–Trinajstić information content (AvgIpc) is 2.24. The minimum absolute atomic E-state index is 0.325. The number of phenolic OH excluding ortho intramolecular Hbond substituents is 1. The van der Waals surface area contributed by atoms with Gasteiger partial charge in [0.15, 0.2) is 0 Å². The molecular weight excluding hydrogens is 186 g/mol. The Bertz CT molecular complexity index is 451. The highest BCUT2D eigenvalue weighted by Crippen LogP contribution is 2.18. The van der Waals surface area contributed by atoms with Crippen LogP contribution in [0.1, 0.15) is 16.7 Å². The maximum Gasteiger partial charge on any atom is 0.115 e. The average molecular weight is 199 g/mol. The summed E-state index contributed by atoms with van der Waals surface area (Å²) in [5, 5.41) is 9.29. The topological polar surface area (TPSA) is 33.1 Å². The first-order valence-corrected chi connectivity index (χ1v) is 4.93. The quantitative estimate of drug-likeness (QED) is 0.806. The van der Waals surface area contributed by atoms with Crippen LogP contribution < -0.4 is 0 Å². The monoisotopic (exact) mass is 199 g/mol. The summed E-state index contributed by atoms with van der Waals surface area (Å²) in [4.78, 5) is 3.98. The van der Waals surface area contributed by atoms with Gasteiger partial charge in [0, 0.05) is 12.4 Å². The van der Waals surface area contributed by atoms with E-state index in [1.54, 1.807) is 24.5 Å². The summed E-state index contributed by atoms with van der Waals surface area (Å²) in [5.41, 5.74) is 3.59. The number of hydrogen-bond acceptors (Lipinski definition) is 2. The molecule has 2 nitrogen and oxygen atoms in total. The van der Waals surface area contributed by atoms with Gasteiger partial charge in [0.2, 0.25) is 0 Å². The smallest absolute Gasteiger partial charge is 0.115 e. The van der Waals surface area contributed by atoms with Crippen molar-refractivity contribution in [2.24, 2.45) is 0 Å². The number of hydrogen-bond donors (Lipinski definition) is 1. The molecule has 15 heavy (non-hydrogen) atoms. The van der Waals surface area contributed by atoms with Gasteiger partial charge in [0.1, 0.15) is 5.75 Å². The number of pyridine rings is 1. The Hall–Kier alpha value is -1.83. The first kappa shape index (κ1) is 9.71. The van der Waals surface area contributed by atoms with Crippen molar-refractivity contribution in [3.05, 3.63) is 59.4 Å². The Kier molecular flexibility index (Phi) is 2.68. The van der Waals surface area contributed by atoms with Crippen LogP contribution in [0.5, 0.6) is 5.75 Å². The van der Waals surface area contributed by atoms with E-state index in [0.717, 1.165) is 12.0 Å². The number of benzene rings is 1. The summed E-state index contributed by atoms with van der Waals surface area (Å²) in [6.45, 7) is 2.01. The van der Waals surface area contributed by atoms with Gasteiger partial charge in [-0.15, -0.1) is 0 Å². The molecule has 0 fully saturated rings. The molecule has 2 heteroatoms. The van der Waals surface area contributed by atoms with Crippen LogP contribution in [0.3, 0.4) is 0 Å². The van der Waals surface area contributed by atoms with E-state index in [9.17, 15) is 5.11 Å². The second-order valence-electron chi connectivity index (χ2n) is 3.64. The fourth-order valence-electron chi connectivity index (χ4n) is 1.60. The molecule has 0 aliphatic carbocycles. The maximum absolute atomic E-state index is 9.29. The van der Waals surface area contributed by atoms with Gasteiger partial charge in [-0.2, -0.15) is 0 Å². The van der Waals surface area contributed by atoms with Crippen molar-refractivity contribution in [1.29, 1.82) is 0 Å². The molecule has 0 radical (unpaired) electrons. The molecule has 0 amide bonds. The van der Waals surface area contributed by atoms with E-state index in [-0.39, 0.29) is 0 Å². The molecule has 76 valence electrons. The number of aromatic nitrogens is 1. The van der Waals surface area contributed by atoms with E-state index in [2.05, 4.69) is 4.98 Å². The fourth-order valence-corrected chi connectivity index (χ4v) is 1.60. The first-order valence-electron chi connectivity index (χ1n) is 4.93. The molecule has 0 aliphatic rings. The van der Waals surface area contributed by atoms with Gasteiger partial charge in [-0.1, -0.05) is 6.07 Å². The van der Waals surface area contributed by atoms with Gasteiger partial charge >= 0.3 is 0 Å². The predicted octanol–water partition coefficient (Wildman–Crippen LogP) is 2.69. The molecule has 2 rings (SSSR count). The predicted molar refractivity (Wildman–Crippen MR) is 59.9 cm³/mol. The Morgan fingerprint density at radius 1 is 1.13 bits per heavy atom. The highest BCUT2D eigenvalue weighted by molar-refractivity contribution is 5.36. The molecule has 2 aromatic rings.